The number of hydrogen-bond acceptors (Lipinski definition) is 9. The van der Waals surface area contributed by atoms with Gasteiger partial charge in [0.2, 0.25) is 0 Å². The first-order valence-corrected chi connectivity index (χ1v) is 23.0. The molecule has 0 fully saturated rings. The summed E-state index contributed by atoms with van der Waals surface area (Å²) >= 11 is 0. The Morgan fingerprint density at radius 1 is 0.500 bits per heavy atom. The number of phosphoric acid groups is 1. The van der Waals surface area contributed by atoms with Gasteiger partial charge in [-0.1, -0.05) is 187 Å². The molecule has 52 heavy (non-hydrogen) atoms. The van der Waals surface area contributed by atoms with Crippen molar-refractivity contribution in [2.75, 3.05) is 26.4 Å². The maximum Gasteiger partial charge on any atom is 0.472 e. The van der Waals surface area contributed by atoms with Gasteiger partial charge in [0, 0.05) is 12.8 Å². The van der Waals surface area contributed by atoms with Crippen molar-refractivity contribution in [1.29, 1.82) is 0 Å². The average molecular weight is 765 g/mol. The van der Waals surface area contributed by atoms with Crippen molar-refractivity contribution < 1.29 is 47.8 Å². The van der Waals surface area contributed by atoms with Gasteiger partial charge in [-0.05, 0) is 12.8 Å². The lowest BCUT2D eigenvalue weighted by atomic mass is 10.0. The van der Waals surface area contributed by atoms with E-state index < -0.39 is 51.8 Å². The molecule has 3 N–H and O–H groups in total. The summed E-state index contributed by atoms with van der Waals surface area (Å²) in [4.78, 5) is 34.7. The molecule has 0 amide bonds. The molecule has 310 valence electrons. The van der Waals surface area contributed by atoms with Crippen LogP contribution in [0.3, 0.4) is 0 Å². The number of aliphatic hydroxyl groups is 2. The molecule has 0 aliphatic heterocycles. The molecular weight excluding hydrogens is 683 g/mol. The number of carbonyl (C=O) groups excluding carboxylic acids is 2. The van der Waals surface area contributed by atoms with Crippen LogP contribution in [-0.2, 0) is 32.7 Å². The molecule has 0 radical (unpaired) electrons. The lowest BCUT2D eigenvalue weighted by Gasteiger charge is -2.20. The predicted molar refractivity (Wildman–Crippen MR) is 210 cm³/mol. The molecule has 3 unspecified atom stereocenters. The Morgan fingerprint density at radius 3 is 1.19 bits per heavy atom. The molecule has 0 bridgehead atoms. The maximum absolute atomic E-state index is 12.6. The summed E-state index contributed by atoms with van der Waals surface area (Å²) < 4.78 is 32.6. The fourth-order valence-electron chi connectivity index (χ4n) is 6.17. The fraction of sp³-hybridized carbons (Fsp3) is 0.951. The van der Waals surface area contributed by atoms with Gasteiger partial charge < -0.3 is 24.6 Å². The predicted octanol–water partition coefficient (Wildman–Crippen LogP) is 11.1. The Bertz CT molecular complexity index is 842. The van der Waals surface area contributed by atoms with Crippen LogP contribution in [0.15, 0.2) is 0 Å². The third kappa shape index (κ3) is 37.3. The number of phosphoric ester groups is 1. The number of unbranched alkanes of at least 4 members (excludes halogenated alkanes) is 27. The van der Waals surface area contributed by atoms with E-state index in [9.17, 15) is 24.2 Å². The van der Waals surface area contributed by atoms with Crippen LogP contribution in [-0.4, -0.2) is 65.7 Å². The van der Waals surface area contributed by atoms with Gasteiger partial charge in [-0.25, -0.2) is 4.57 Å². The second-order valence-corrected chi connectivity index (χ2v) is 16.2. The molecule has 0 aromatic heterocycles. The second kappa shape index (κ2) is 38.3. The zero-order valence-electron chi connectivity index (χ0n) is 33.6. The van der Waals surface area contributed by atoms with Crippen molar-refractivity contribution in [3.63, 3.8) is 0 Å². The van der Waals surface area contributed by atoms with E-state index in [0.717, 1.165) is 38.5 Å². The molecule has 10 nitrogen and oxygen atoms in total. The van der Waals surface area contributed by atoms with E-state index in [1.54, 1.807) is 0 Å². The van der Waals surface area contributed by atoms with Crippen LogP contribution in [0.25, 0.3) is 0 Å². The van der Waals surface area contributed by atoms with Crippen molar-refractivity contribution in [3.05, 3.63) is 0 Å². The Kier molecular flexibility index (Phi) is 37.5. The van der Waals surface area contributed by atoms with E-state index in [1.807, 2.05) is 0 Å². The van der Waals surface area contributed by atoms with Gasteiger partial charge in [0.1, 0.15) is 12.7 Å². The molecule has 0 spiro atoms. The topological polar surface area (TPSA) is 149 Å². The van der Waals surface area contributed by atoms with Gasteiger partial charge in [-0.15, -0.1) is 0 Å². The lowest BCUT2D eigenvalue weighted by Crippen LogP contribution is -2.29. The van der Waals surface area contributed by atoms with Crippen molar-refractivity contribution in [1.82, 2.24) is 0 Å². The maximum atomic E-state index is 12.6. The van der Waals surface area contributed by atoms with Crippen LogP contribution in [0.1, 0.15) is 213 Å². The molecule has 11 heteroatoms. The van der Waals surface area contributed by atoms with Crippen LogP contribution in [0.4, 0.5) is 0 Å². The number of hydrogen-bond donors (Lipinski definition) is 3. The summed E-state index contributed by atoms with van der Waals surface area (Å²) in [5.74, 6) is -0.919. The summed E-state index contributed by atoms with van der Waals surface area (Å²) in [5.41, 5.74) is 0. The Labute approximate surface area is 318 Å². The Morgan fingerprint density at radius 2 is 0.827 bits per heavy atom. The first kappa shape index (κ1) is 51.0. The molecule has 0 rings (SSSR count). The third-order valence-electron chi connectivity index (χ3n) is 9.51. The van der Waals surface area contributed by atoms with Gasteiger partial charge in [0.25, 0.3) is 0 Å². The van der Waals surface area contributed by atoms with Crippen LogP contribution < -0.4 is 0 Å². The zero-order chi connectivity index (χ0) is 38.4. The van der Waals surface area contributed by atoms with Gasteiger partial charge >= 0.3 is 19.8 Å². The minimum absolute atomic E-state index is 0.192. The number of ether oxygens (including phenoxy) is 2. The van der Waals surface area contributed by atoms with Crippen molar-refractivity contribution in [2.45, 2.75) is 225 Å². The first-order valence-electron chi connectivity index (χ1n) is 21.5. The third-order valence-corrected chi connectivity index (χ3v) is 10.5. The minimum Gasteiger partial charge on any atom is -0.462 e. The standard InChI is InChI=1S/C41H81O10P/c1-3-5-7-9-11-12-13-14-15-16-17-18-19-20-21-22-23-24-25-27-29-31-33-41(45)51-39(37-50-52(46,47)49-35-38(43)34-42)36-48-40(44)32-30-28-26-10-8-6-4-2/h38-39,42-43H,3-37H2,1-2H3,(H,46,47). The molecule has 0 aliphatic rings. The molecule has 0 aromatic rings. The summed E-state index contributed by atoms with van der Waals surface area (Å²) in [6.07, 6.45) is 33.9. The lowest BCUT2D eigenvalue weighted by molar-refractivity contribution is -0.161. The molecule has 0 heterocycles. The van der Waals surface area contributed by atoms with Gasteiger partial charge in [0.15, 0.2) is 6.10 Å². The summed E-state index contributed by atoms with van der Waals surface area (Å²) in [7, 11) is -4.60. The summed E-state index contributed by atoms with van der Waals surface area (Å²) in [5, 5.41) is 18.3. The largest absolute Gasteiger partial charge is 0.472 e. The number of rotatable bonds is 41. The molecule has 0 aromatic carbocycles. The Hall–Kier alpha value is -1.03. The molecule has 0 saturated heterocycles. The highest BCUT2D eigenvalue weighted by atomic mass is 31.2. The quantitative estimate of drug-likeness (QED) is 0.0312. The highest BCUT2D eigenvalue weighted by molar-refractivity contribution is 7.47. The van der Waals surface area contributed by atoms with Crippen molar-refractivity contribution >= 4 is 19.8 Å². The van der Waals surface area contributed by atoms with Crippen molar-refractivity contribution in [3.8, 4) is 0 Å². The monoisotopic (exact) mass is 765 g/mol. The average Bonchev–Trinajstić information content (AvgIpc) is 3.13. The molecule has 0 aliphatic carbocycles. The molecule has 0 saturated carbocycles. The van der Waals surface area contributed by atoms with Crippen LogP contribution >= 0.6 is 7.82 Å². The van der Waals surface area contributed by atoms with Gasteiger partial charge in [-0.3, -0.25) is 18.6 Å². The first-order chi connectivity index (χ1) is 25.2. The highest BCUT2D eigenvalue weighted by Crippen LogP contribution is 2.43. The number of aliphatic hydroxyl groups excluding tert-OH is 2. The zero-order valence-corrected chi connectivity index (χ0v) is 34.4. The second-order valence-electron chi connectivity index (χ2n) is 14.7. The van der Waals surface area contributed by atoms with E-state index >= 15 is 0 Å². The van der Waals surface area contributed by atoms with Gasteiger partial charge in [0.05, 0.1) is 19.8 Å². The van der Waals surface area contributed by atoms with Gasteiger partial charge in [-0.2, -0.15) is 0 Å². The van der Waals surface area contributed by atoms with Crippen LogP contribution in [0, 0.1) is 0 Å². The highest BCUT2D eigenvalue weighted by Gasteiger charge is 2.27. The summed E-state index contributed by atoms with van der Waals surface area (Å²) in [6, 6.07) is 0. The molecule has 3 atom stereocenters. The minimum atomic E-state index is -4.60. The van der Waals surface area contributed by atoms with Crippen molar-refractivity contribution in [2.24, 2.45) is 0 Å². The normalized spacial score (nSPS) is 13.9. The number of carbonyl (C=O) groups is 2. The van der Waals surface area contributed by atoms with E-state index in [0.29, 0.717) is 12.8 Å². The van der Waals surface area contributed by atoms with E-state index in [-0.39, 0.29) is 19.4 Å². The molecular formula is C41H81O10P. The SMILES string of the molecule is CCCCCCCCCCCCCCCCCCCCCCCCC(=O)OC(COC(=O)CCCCCCCCC)COP(=O)(O)OCC(O)CO. The smallest absolute Gasteiger partial charge is 0.462 e. The number of esters is 2. The van der Waals surface area contributed by atoms with E-state index in [1.165, 1.54) is 135 Å². The summed E-state index contributed by atoms with van der Waals surface area (Å²) in [6.45, 7) is 2.36. The fourth-order valence-corrected chi connectivity index (χ4v) is 6.96. The Balaban J connectivity index is 4.07. The van der Waals surface area contributed by atoms with Crippen LogP contribution in [0.5, 0.6) is 0 Å². The van der Waals surface area contributed by atoms with E-state index in [2.05, 4.69) is 18.4 Å². The van der Waals surface area contributed by atoms with E-state index in [4.69, 9.17) is 19.1 Å². The van der Waals surface area contributed by atoms with Crippen LogP contribution in [0.2, 0.25) is 0 Å².